The van der Waals surface area contributed by atoms with E-state index >= 15 is 0 Å². The maximum atomic E-state index is 14.0. The van der Waals surface area contributed by atoms with E-state index in [1.807, 2.05) is 82.3 Å². The fraction of sp³-hybridized carbons (Fsp3) is 0.431. The molecule has 3 saturated carbocycles. The van der Waals surface area contributed by atoms with Gasteiger partial charge in [-0.1, -0.05) is 128 Å². The number of amides is 2. The molecule has 448 valence electrons. The Morgan fingerprint density at radius 2 is 1.03 bits per heavy atom. The number of aromatic nitrogens is 8. The molecule has 8 aromatic rings. The van der Waals surface area contributed by atoms with Crippen LogP contribution < -0.4 is 26.2 Å². The van der Waals surface area contributed by atoms with Gasteiger partial charge >= 0.3 is 6.03 Å². The molecule has 9 N–H and O–H groups in total. The number of rotatable bonds is 22. The number of ketones is 2. The van der Waals surface area contributed by atoms with Gasteiger partial charge in [0.1, 0.15) is 35.9 Å². The minimum Gasteiger partial charge on any atom is -0.390 e. The third kappa shape index (κ3) is 12.3. The van der Waals surface area contributed by atoms with Crippen molar-refractivity contribution in [1.29, 1.82) is 0 Å². The van der Waals surface area contributed by atoms with Crippen LogP contribution in [0.3, 0.4) is 0 Å². The molecule has 0 spiro atoms. The van der Waals surface area contributed by atoms with E-state index in [1.54, 1.807) is 24.1 Å². The second kappa shape index (κ2) is 25.8. The van der Waals surface area contributed by atoms with Crippen LogP contribution in [0, 0.1) is 11.8 Å². The van der Waals surface area contributed by atoms with Gasteiger partial charge in [0.15, 0.2) is 34.2 Å². The van der Waals surface area contributed by atoms with Gasteiger partial charge < -0.3 is 60.8 Å². The molecule has 4 aromatic heterocycles. The average molecular weight is 1170 g/mol. The molecule has 12 rings (SSSR count). The van der Waals surface area contributed by atoms with Crippen molar-refractivity contribution in [3.8, 4) is 0 Å². The predicted octanol–water partition coefficient (Wildman–Crippen LogP) is 6.55. The van der Waals surface area contributed by atoms with Crippen molar-refractivity contribution >= 4 is 57.5 Å². The van der Waals surface area contributed by atoms with E-state index < -0.39 is 60.7 Å². The number of nitrogens with zero attached hydrogens (tertiary/aromatic N) is 9. The predicted molar refractivity (Wildman–Crippen MR) is 325 cm³/mol. The van der Waals surface area contributed by atoms with Gasteiger partial charge in [0.25, 0.3) is 0 Å². The summed E-state index contributed by atoms with van der Waals surface area (Å²) in [5.41, 5.74) is 6.44. The van der Waals surface area contributed by atoms with Crippen molar-refractivity contribution in [2.24, 2.45) is 11.8 Å². The number of fused-ring (bicyclic) bond motifs is 2. The van der Waals surface area contributed by atoms with Gasteiger partial charge in [0, 0.05) is 75.3 Å². The van der Waals surface area contributed by atoms with E-state index in [2.05, 4.69) is 69.8 Å². The Morgan fingerprint density at radius 3 is 1.53 bits per heavy atom. The second-order valence-corrected chi connectivity index (χ2v) is 23.8. The third-order valence-electron chi connectivity index (χ3n) is 18.4. The Bertz CT molecular complexity index is 3320. The molecule has 1 saturated heterocycles. The van der Waals surface area contributed by atoms with Crippen LogP contribution in [0.1, 0.15) is 123 Å². The summed E-state index contributed by atoms with van der Waals surface area (Å²) in [6.45, 7) is 3.07. The minimum atomic E-state index is -1.21. The summed E-state index contributed by atoms with van der Waals surface area (Å²) in [4.78, 5) is 71.1. The first kappa shape index (κ1) is 58.2. The van der Waals surface area contributed by atoms with Gasteiger partial charge in [-0.3, -0.25) is 9.59 Å². The van der Waals surface area contributed by atoms with Crippen molar-refractivity contribution in [3.05, 3.63) is 162 Å². The number of imidazole rings is 2. The molecule has 0 radical (unpaired) electrons. The quantitative estimate of drug-likeness (QED) is 0.0347. The van der Waals surface area contributed by atoms with Crippen LogP contribution in [0.4, 0.5) is 22.4 Å². The Morgan fingerprint density at radius 1 is 0.558 bits per heavy atom. The first-order valence-electron chi connectivity index (χ1n) is 30.3. The number of carbonyl (C=O) groups excluding carboxylic acids is 3. The van der Waals surface area contributed by atoms with Crippen LogP contribution in [0.2, 0.25) is 0 Å². The third-order valence-corrected chi connectivity index (χ3v) is 18.4. The number of urea groups is 1. The molecular weight excluding hydrogens is 1090 g/mol. The Balaban J connectivity index is 0.765. The lowest BCUT2D eigenvalue weighted by molar-refractivity contribution is -0.123. The number of benzene rings is 4. The largest absolute Gasteiger partial charge is 0.390 e. The highest BCUT2D eigenvalue weighted by molar-refractivity contribution is 5.85. The molecule has 21 heteroatoms. The smallest absolute Gasteiger partial charge is 0.315 e. The normalized spacial score (nSPS) is 24.7. The number of anilines is 3. The molecule has 1 unspecified atom stereocenters. The SMILES string of the molecule is CCC(=O)C[C@H]1C[C@@H](n2cnc3c(NCC(c4ccccc4)c4ccccc4)nc(N4CC[C@@H](NC(=O)N[C@@H]5CCC(c6nc(NCC(c7ccccc7)c7ccccc7)c7ncn([C@@H]8C[C@H](CC(=O)CO)[C@@H](O)[C@H]8O)c7n6)C5)C4)nc32)[C@H](O)[C@@H]1O. The van der Waals surface area contributed by atoms with Crippen LogP contribution in [0.5, 0.6) is 0 Å². The number of aliphatic hydroxyl groups is 5. The zero-order valence-electron chi connectivity index (χ0n) is 48.1. The number of carbonyl (C=O) groups is 3. The van der Waals surface area contributed by atoms with Gasteiger partial charge in [0.2, 0.25) is 5.95 Å². The molecule has 4 aliphatic rings. The Kier molecular flexibility index (Phi) is 17.4. The molecule has 21 nitrogen and oxygen atoms in total. The summed E-state index contributed by atoms with van der Waals surface area (Å²) < 4.78 is 3.59. The van der Waals surface area contributed by atoms with Crippen LogP contribution >= 0.6 is 0 Å². The zero-order chi connectivity index (χ0) is 59.4. The lowest BCUT2D eigenvalue weighted by Crippen LogP contribution is -2.46. The van der Waals surface area contributed by atoms with Crippen molar-refractivity contribution in [2.45, 2.75) is 131 Å². The first-order valence-corrected chi connectivity index (χ1v) is 30.3. The van der Waals surface area contributed by atoms with Crippen LogP contribution in [0.25, 0.3) is 22.3 Å². The monoisotopic (exact) mass is 1170 g/mol. The highest BCUT2D eigenvalue weighted by atomic mass is 16.3. The number of nitrogens with one attached hydrogen (secondary N) is 4. The summed E-state index contributed by atoms with van der Waals surface area (Å²) in [5, 5.41) is 68.5. The standard InChI is InChI=1S/C65H75N13O8/c1-2-47(80)28-43-30-52(58(85)55(43)82)78-37-69-54-61(67-33-50(40-19-11-5-12-20-40)41-21-13-6-14-22-41)74-64(75-63(54)78)76-26-25-46(34-76)71-65(86)70-45-24-23-42(27-45)59-72-60(66-32-49(38-15-7-3-8-16-38)39-17-9-4-10-18-39)53-62(73-59)77(36-68-53)51-31-44(29-48(81)35-79)56(83)57(51)84/h3-22,36-37,42-46,49-52,55-58,79,82-85H,2,23-35H2,1H3,(H,66,72,73)(H,67,74,75)(H2,70,71,86)/t42?,43-,44-,45+,46+,51+,52+,55+,56+,57-,58-/m0/s1. The van der Waals surface area contributed by atoms with Crippen LogP contribution in [-0.2, 0) is 9.59 Å². The molecular formula is C65H75N13O8. The zero-order valence-corrected chi connectivity index (χ0v) is 48.1. The van der Waals surface area contributed by atoms with Gasteiger partial charge in [0.05, 0.1) is 36.9 Å². The van der Waals surface area contributed by atoms with Crippen molar-refractivity contribution < 1.29 is 39.9 Å². The highest BCUT2D eigenvalue weighted by Gasteiger charge is 2.45. The van der Waals surface area contributed by atoms with Crippen molar-refractivity contribution in [3.63, 3.8) is 0 Å². The second-order valence-electron chi connectivity index (χ2n) is 23.8. The number of hydrogen-bond donors (Lipinski definition) is 9. The summed E-state index contributed by atoms with van der Waals surface area (Å²) >= 11 is 0. The van der Waals surface area contributed by atoms with Crippen molar-refractivity contribution in [2.75, 3.05) is 48.3 Å². The Labute approximate surface area is 498 Å². The van der Waals surface area contributed by atoms with Crippen LogP contribution in [0.15, 0.2) is 134 Å². The Hall–Kier alpha value is -8.21. The number of aliphatic hydroxyl groups excluding tert-OH is 5. The van der Waals surface area contributed by atoms with E-state index in [0.29, 0.717) is 110 Å². The van der Waals surface area contributed by atoms with E-state index in [-0.39, 0.29) is 60.9 Å². The minimum absolute atomic E-state index is 0.0261. The van der Waals surface area contributed by atoms with Gasteiger partial charge in [-0.2, -0.15) is 9.97 Å². The molecule has 11 atom stereocenters. The van der Waals surface area contributed by atoms with Gasteiger partial charge in [-0.15, -0.1) is 0 Å². The van der Waals surface area contributed by atoms with E-state index in [0.717, 1.165) is 22.3 Å². The molecule has 2 amide bonds. The summed E-state index contributed by atoms with van der Waals surface area (Å²) in [6.07, 6.45) is 2.23. The first-order chi connectivity index (χ1) is 41.9. The number of Topliss-reactive ketones (excluding diaryl/α,β-unsaturated/α-hetero) is 2. The fourth-order valence-corrected chi connectivity index (χ4v) is 13.7. The molecule has 3 aliphatic carbocycles. The maximum Gasteiger partial charge on any atom is 0.315 e. The highest BCUT2D eigenvalue weighted by Crippen LogP contribution is 2.43. The topological polar surface area (TPSA) is 291 Å². The van der Waals surface area contributed by atoms with E-state index in [1.165, 1.54) is 0 Å². The van der Waals surface area contributed by atoms with E-state index in [9.17, 15) is 39.9 Å². The van der Waals surface area contributed by atoms with Gasteiger partial charge in [-0.25, -0.2) is 24.7 Å². The molecule has 1 aliphatic heterocycles. The summed E-state index contributed by atoms with van der Waals surface area (Å²) in [6, 6.07) is 39.0. The fourth-order valence-electron chi connectivity index (χ4n) is 13.7. The maximum absolute atomic E-state index is 14.0. The molecule has 86 heavy (non-hydrogen) atoms. The molecule has 0 bridgehead atoms. The van der Waals surface area contributed by atoms with Crippen LogP contribution in [-0.4, -0.2) is 151 Å². The summed E-state index contributed by atoms with van der Waals surface area (Å²) in [7, 11) is 0. The van der Waals surface area contributed by atoms with Crippen molar-refractivity contribution in [1.82, 2.24) is 49.7 Å². The summed E-state index contributed by atoms with van der Waals surface area (Å²) in [5.74, 6) is 0.401. The molecule has 4 aromatic carbocycles. The number of hydrogen-bond acceptors (Lipinski definition) is 17. The average Bonchev–Trinajstić information content (AvgIpc) is 4.42. The van der Waals surface area contributed by atoms with E-state index in [4.69, 9.17) is 29.9 Å². The molecule has 4 fully saturated rings. The lowest BCUT2D eigenvalue weighted by Gasteiger charge is -2.22. The lowest BCUT2D eigenvalue weighted by atomic mass is 9.91. The van der Waals surface area contributed by atoms with Gasteiger partial charge in [-0.05, 0) is 72.6 Å². The molecule has 5 heterocycles.